The zero-order chi connectivity index (χ0) is 13.8. The van der Waals surface area contributed by atoms with Crippen LogP contribution >= 0.6 is 27.3 Å². The van der Waals surface area contributed by atoms with Gasteiger partial charge in [-0.3, -0.25) is 4.79 Å². The fourth-order valence-corrected chi connectivity index (χ4v) is 4.21. The monoisotopic (exact) mass is 344 g/mol. The van der Waals surface area contributed by atoms with Crippen LogP contribution in [0, 0.1) is 0 Å². The van der Waals surface area contributed by atoms with Crippen LogP contribution in [0.5, 0.6) is 0 Å². The first-order chi connectivity index (χ1) is 9.13. The number of halogens is 1. The standard InChI is InChI=1S/C14H21BrN2OS/c1-3-12-11(15)9-13(19-12)14(18)16-10-5-7-17(4-2)8-6-10/h9-10H,3-8H2,1-2H3,(H,16,18). The lowest BCUT2D eigenvalue weighted by molar-refractivity contribution is 0.0917. The SMILES string of the molecule is CCc1sc(C(=O)NC2CCN(CC)CC2)cc1Br. The molecule has 0 bridgehead atoms. The van der Waals surface area contributed by atoms with Gasteiger partial charge in [0.15, 0.2) is 0 Å². The molecule has 5 heteroatoms. The number of nitrogens with one attached hydrogen (secondary N) is 1. The highest BCUT2D eigenvalue weighted by molar-refractivity contribution is 9.10. The van der Waals surface area contributed by atoms with Gasteiger partial charge in [-0.2, -0.15) is 0 Å². The molecule has 0 aromatic carbocycles. The molecule has 0 atom stereocenters. The van der Waals surface area contributed by atoms with Gasteiger partial charge in [-0.15, -0.1) is 11.3 Å². The molecule has 0 saturated carbocycles. The van der Waals surface area contributed by atoms with E-state index in [-0.39, 0.29) is 5.91 Å². The number of thiophene rings is 1. The maximum atomic E-state index is 12.2. The molecular formula is C14H21BrN2OS. The molecular weight excluding hydrogens is 324 g/mol. The second-order valence-corrected chi connectivity index (χ2v) is 6.91. The fourth-order valence-electron chi connectivity index (χ4n) is 2.41. The predicted octanol–water partition coefficient (Wildman–Crippen LogP) is 3.29. The van der Waals surface area contributed by atoms with Crippen LogP contribution in [-0.2, 0) is 6.42 Å². The number of amides is 1. The van der Waals surface area contributed by atoms with Gasteiger partial charge in [0, 0.05) is 28.5 Å². The van der Waals surface area contributed by atoms with E-state index in [4.69, 9.17) is 0 Å². The van der Waals surface area contributed by atoms with E-state index in [0.717, 1.165) is 48.2 Å². The summed E-state index contributed by atoms with van der Waals surface area (Å²) in [6.07, 6.45) is 3.09. The summed E-state index contributed by atoms with van der Waals surface area (Å²) in [6, 6.07) is 2.28. The number of piperidine rings is 1. The summed E-state index contributed by atoms with van der Waals surface area (Å²) in [5, 5.41) is 3.17. The molecule has 106 valence electrons. The Morgan fingerprint density at radius 2 is 2.16 bits per heavy atom. The molecule has 1 fully saturated rings. The van der Waals surface area contributed by atoms with E-state index in [2.05, 4.69) is 40.0 Å². The highest BCUT2D eigenvalue weighted by Crippen LogP contribution is 2.28. The van der Waals surface area contributed by atoms with Gasteiger partial charge in [0.05, 0.1) is 4.88 Å². The van der Waals surface area contributed by atoms with Crippen molar-refractivity contribution >= 4 is 33.2 Å². The van der Waals surface area contributed by atoms with E-state index in [9.17, 15) is 4.79 Å². The van der Waals surface area contributed by atoms with Gasteiger partial charge >= 0.3 is 0 Å². The minimum absolute atomic E-state index is 0.0837. The zero-order valence-corrected chi connectivity index (χ0v) is 13.9. The number of aryl methyl sites for hydroxylation is 1. The Kier molecular flexibility index (Phi) is 5.42. The number of carbonyl (C=O) groups excluding carboxylic acids is 1. The first kappa shape index (κ1) is 15.0. The number of hydrogen-bond donors (Lipinski definition) is 1. The average Bonchev–Trinajstić information content (AvgIpc) is 2.81. The van der Waals surface area contributed by atoms with Gasteiger partial charge in [-0.1, -0.05) is 13.8 Å². The molecule has 19 heavy (non-hydrogen) atoms. The van der Waals surface area contributed by atoms with E-state index in [0.29, 0.717) is 6.04 Å². The summed E-state index contributed by atoms with van der Waals surface area (Å²) in [7, 11) is 0. The van der Waals surface area contributed by atoms with E-state index in [1.54, 1.807) is 11.3 Å². The molecule has 1 aliphatic heterocycles. The third-order valence-corrected chi connectivity index (χ3v) is 5.92. The van der Waals surface area contributed by atoms with Crippen LogP contribution in [0.25, 0.3) is 0 Å². The maximum Gasteiger partial charge on any atom is 0.261 e. The van der Waals surface area contributed by atoms with Crippen LogP contribution < -0.4 is 5.32 Å². The Balaban J connectivity index is 1.90. The molecule has 1 N–H and O–H groups in total. The molecule has 3 nitrogen and oxygen atoms in total. The Morgan fingerprint density at radius 3 is 2.68 bits per heavy atom. The van der Waals surface area contributed by atoms with Gasteiger partial charge < -0.3 is 10.2 Å². The topological polar surface area (TPSA) is 32.3 Å². The number of hydrogen-bond acceptors (Lipinski definition) is 3. The van der Waals surface area contributed by atoms with Crippen molar-refractivity contribution in [3.8, 4) is 0 Å². The second-order valence-electron chi connectivity index (χ2n) is 4.92. The summed E-state index contributed by atoms with van der Waals surface area (Å²) in [5.74, 6) is 0.0837. The van der Waals surface area contributed by atoms with Gasteiger partial charge in [0.2, 0.25) is 0 Å². The predicted molar refractivity (Wildman–Crippen MR) is 84.0 cm³/mol. The van der Waals surface area contributed by atoms with Crippen LogP contribution in [-0.4, -0.2) is 36.5 Å². The number of nitrogens with zero attached hydrogens (tertiary/aromatic N) is 1. The van der Waals surface area contributed by atoms with E-state index >= 15 is 0 Å². The van der Waals surface area contributed by atoms with E-state index in [1.165, 1.54) is 4.88 Å². The maximum absolute atomic E-state index is 12.2. The largest absolute Gasteiger partial charge is 0.349 e. The summed E-state index contributed by atoms with van der Waals surface area (Å²) in [5.41, 5.74) is 0. The summed E-state index contributed by atoms with van der Waals surface area (Å²) < 4.78 is 1.06. The number of rotatable bonds is 4. The van der Waals surface area contributed by atoms with Crippen molar-refractivity contribution < 1.29 is 4.79 Å². The Labute approximate surface area is 127 Å². The van der Waals surface area contributed by atoms with Crippen molar-refractivity contribution in [1.29, 1.82) is 0 Å². The zero-order valence-electron chi connectivity index (χ0n) is 11.5. The van der Waals surface area contributed by atoms with Crippen molar-refractivity contribution in [3.63, 3.8) is 0 Å². The lowest BCUT2D eigenvalue weighted by Crippen LogP contribution is -2.44. The molecule has 1 aromatic rings. The Morgan fingerprint density at radius 1 is 1.47 bits per heavy atom. The summed E-state index contributed by atoms with van der Waals surface area (Å²) >= 11 is 5.10. The molecule has 2 rings (SSSR count). The van der Waals surface area contributed by atoms with E-state index in [1.807, 2.05) is 6.07 Å². The molecule has 1 aliphatic rings. The third-order valence-electron chi connectivity index (χ3n) is 3.67. The third kappa shape index (κ3) is 3.80. The highest BCUT2D eigenvalue weighted by Gasteiger charge is 2.21. The lowest BCUT2D eigenvalue weighted by Gasteiger charge is -2.31. The quantitative estimate of drug-likeness (QED) is 0.908. The molecule has 0 unspecified atom stereocenters. The van der Waals surface area contributed by atoms with Gasteiger partial charge in [0.1, 0.15) is 0 Å². The Hall–Kier alpha value is -0.390. The molecule has 1 aromatic heterocycles. The molecule has 0 radical (unpaired) electrons. The van der Waals surface area contributed by atoms with Crippen LogP contribution in [0.3, 0.4) is 0 Å². The van der Waals surface area contributed by atoms with E-state index < -0.39 is 0 Å². The van der Waals surface area contributed by atoms with Crippen LogP contribution in [0.4, 0.5) is 0 Å². The first-order valence-electron chi connectivity index (χ1n) is 6.95. The van der Waals surface area contributed by atoms with Crippen molar-refractivity contribution in [2.24, 2.45) is 0 Å². The van der Waals surface area contributed by atoms with Crippen molar-refractivity contribution in [2.75, 3.05) is 19.6 Å². The molecule has 1 amide bonds. The first-order valence-corrected chi connectivity index (χ1v) is 8.56. The minimum Gasteiger partial charge on any atom is -0.349 e. The average molecular weight is 345 g/mol. The highest BCUT2D eigenvalue weighted by atomic mass is 79.9. The van der Waals surface area contributed by atoms with Crippen molar-refractivity contribution in [2.45, 2.75) is 39.2 Å². The normalized spacial score (nSPS) is 17.6. The van der Waals surface area contributed by atoms with Gasteiger partial charge in [0.25, 0.3) is 5.91 Å². The number of carbonyl (C=O) groups is 1. The molecule has 0 aliphatic carbocycles. The van der Waals surface area contributed by atoms with Crippen molar-refractivity contribution in [1.82, 2.24) is 10.2 Å². The van der Waals surface area contributed by atoms with Crippen LogP contribution in [0.1, 0.15) is 41.2 Å². The van der Waals surface area contributed by atoms with Gasteiger partial charge in [-0.25, -0.2) is 0 Å². The minimum atomic E-state index is 0.0837. The molecule has 1 saturated heterocycles. The van der Waals surface area contributed by atoms with Gasteiger partial charge in [-0.05, 0) is 47.8 Å². The van der Waals surface area contributed by atoms with Crippen LogP contribution in [0.15, 0.2) is 10.5 Å². The summed E-state index contributed by atoms with van der Waals surface area (Å²) in [6.45, 7) is 7.59. The fraction of sp³-hybridized carbons (Fsp3) is 0.643. The Bertz CT molecular complexity index is 439. The summed E-state index contributed by atoms with van der Waals surface area (Å²) in [4.78, 5) is 16.7. The molecule has 0 spiro atoms. The second kappa shape index (κ2) is 6.86. The van der Waals surface area contributed by atoms with Crippen molar-refractivity contribution in [3.05, 3.63) is 20.3 Å². The smallest absolute Gasteiger partial charge is 0.261 e. The molecule has 2 heterocycles. The van der Waals surface area contributed by atoms with Crippen LogP contribution in [0.2, 0.25) is 0 Å². The lowest BCUT2D eigenvalue weighted by atomic mass is 10.1. The number of likely N-dealkylation sites (tertiary alicyclic amines) is 1.